The first kappa shape index (κ1) is 11.3. The predicted octanol–water partition coefficient (Wildman–Crippen LogP) is 3.56. The Morgan fingerprint density at radius 2 is 2.53 bits per heavy atom. The molecule has 1 aliphatic rings. The minimum atomic E-state index is 0.396. The van der Waals surface area contributed by atoms with Gasteiger partial charge in [-0.2, -0.15) is 0 Å². The molecule has 0 aromatic carbocycles. The number of hydrogen-bond donors (Lipinski definition) is 1. The zero-order valence-corrected chi connectivity index (χ0v) is 10.9. The van der Waals surface area contributed by atoms with Gasteiger partial charge in [0.05, 0.1) is 17.1 Å². The quantitative estimate of drug-likeness (QED) is 0.925. The summed E-state index contributed by atoms with van der Waals surface area (Å²) in [6.45, 7) is 0.720. The van der Waals surface area contributed by atoms with E-state index in [1.807, 2.05) is 6.07 Å². The van der Waals surface area contributed by atoms with Crippen molar-refractivity contribution in [3.05, 3.63) is 38.9 Å². The average molecular weight is 269 g/mol. The van der Waals surface area contributed by atoms with Gasteiger partial charge in [-0.1, -0.05) is 16.8 Å². The first-order chi connectivity index (χ1) is 8.33. The molecule has 0 fully saturated rings. The van der Waals surface area contributed by atoms with Crippen molar-refractivity contribution in [2.75, 3.05) is 0 Å². The molecule has 0 bridgehead atoms. The zero-order chi connectivity index (χ0) is 11.7. The van der Waals surface area contributed by atoms with Gasteiger partial charge < -0.3 is 9.84 Å². The highest BCUT2D eigenvalue weighted by molar-refractivity contribution is 7.16. The van der Waals surface area contributed by atoms with Gasteiger partial charge in [0.2, 0.25) is 0 Å². The number of nitrogens with one attached hydrogen (secondary N) is 1. The largest absolute Gasteiger partial charge is 0.360 e. The number of halogens is 1. The van der Waals surface area contributed by atoms with Crippen LogP contribution >= 0.6 is 22.9 Å². The summed E-state index contributed by atoms with van der Waals surface area (Å²) >= 11 is 7.79. The SMILES string of the molecule is Clc1cc2c(s1)CCCC2NCc1ccno1. The van der Waals surface area contributed by atoms with Gasteiger partial charge in [-0.25, -0.2) is 0 Å². The molecule has 1 N–H and O–H groups in total. The molecule has 3 rings (SSSR count). The molecule has 2 aromatic rings. The van der Waals surface area contributed by atoms with E-state index in [1.165, 1.54) is 16.9 Å². The molecular weight excluding hydrogens is 256 g/mol. The number of nitrogens with zero attached hydrogens (tertiary/aromatic N) is 1. The fourth-order valence-corrected chi connectivity index (χ4v) is 3.67. The van der Waals surface area contributed by atoms with Crippen LogP contribution in [0.2, 0.25) is 4.34 Å². The third kappa shape index (κ3) is 2.39. The smallest absolute Gasteiger partial charge is 0.150 e. The van der Waals surface area contributed by atoms with E-state index in [1.54, 1.807) is 17.5 Å². The molecule has 0 amide bonds. The molecule has 1 aliphatic carbocycles. The Bertz CT molecular complexity index is 495. The number of aryl methyl sites for hydroxylation is 1. The monoisotopic (exact) mass is 268 g/mol. The molecule has 0 aliphatic heterocycles. The topological polar surface area (TPSA) is 38.1 Å². The van der Waals surface area contributed by atoms with E-state index in [9.17, 15) is 0 Å². The van der Waals surface area contributed by atoms with Crippen molar-refractivity contribution < 1.29 is 4.52 Å². The van der Waals surface area contributed by atoms with Crippen LogP contribution in [-0.4, -0.2) is 5.16 Å². The van der Waals surface area contributed by atoms with Crippen LogP contribution in [0.25, 0.3) is 0 Å². The van der Waals surface area contributed by atoms with Gasteiger partial charge in [0.25, 0.3) is 0 Å². The van der Waals surface area contributed by atoms with Crippen LogP contribution in [-0.2, 0) is 13.0 Å². The van der Waals surface area contributed by atoms with Crippen molar-refractivity contribution in [2.45, 2.75) is 31.8 Å². The van der Waals surface area contributed by atoms with E-state index in [4.69, 9.17) is 16.1 Å². The molecule has 5 heteroatoms. The second-order valence-electron chi connectivity index (χ2n) is 4.23. The first-order valence-electron chi connectivity index (χ1n) is 5.74. The van der Waals surface area contributed by atoms with Crippen LogP contribution < -0.4 is 5.32 Å². The van der Waals surface area contributed by atoms with Crippen LogP contribution in [0.1, 0.15) is 35.1 Å². The molecule has 2 heterocycles. The Labute approximate surface area is 109 Å². The van der Waals surface area contributed by atoms with Crippen molar-refractivity contribution in [1.29, 1.82) is 0 Å². The molecule has 0 saturated heterocycles. The summed E-state index contributed by atoms with van der Waals surface area (Å²) in [5.74, 6) is 0.874. The molecule has 17 heavy (non-hydrogen) atoms. The minimum Gasteiger partial charge on any atom is -0.360 e. The van der Waals surface area contributed by atoms with E-state index < -0.39 is 0 Å². The molecular formula is C12H13ClN2OS. The Morgan fingerprint density at radius 3 is 3.35 bits per heavy atom. The lowest BCUT2D eigenvalue weighted by atomic mass is 9.94. The maximum absolute atomic E-state index is 6.08. The Balaban J connectivity index is 1.72. The standard InChI is InChI=1S/C12H13ClN2OS/c13-12-6-9-10(2-1-3-11(9)17-12)14-7-8-4-5-15-16-8/h4-6,10,14H,1-3,7H2. The summed E-state index contributed by atoms with van der Waals surface area (Å²) in [7, 11) is 0. The molecule has 0 saturated carbocycles. The zero-order valence-electron chi connectivity index (χ0n) is 9.28. The van der Waals surface area contributed by atoms with Crippen LogP contribution in [0.3, 0.4) is 0 Å². The van der Waals surface area contributed by atoms with Crippen LogP contribution in [0.5, 0.6) is 0 Å². The molecule has 1 atom stereocenters. The Hall–Kier alpha value is -0.840. The highest BCUT2D eigenvalue weighted by atomic mass is 35.5. The molecule has 0 spiro atoms. The number of aromatic nitrogens is 1. The van der Waals surface area contributed by atoms with Crippen molar-refractivity contribution in [1.82, 2.24) is 10.5 Å². The van der Waals surface area contributed by atoms with E-state index in [2.05, 4.69) is 16.5 Å². The summed E-state index contributed by atoms with van der Waals surface area (Å²) in [5.41, 5.74) is 1.37. The summed E-state index contributed by atoms with van der Waals surface area (Å²) in [6, 6.07) is 4.38. The van der Waals surface area contributed by atoms with Gasteiger partial charge in [-0.3, -0.25) is 0 Å². The Kier molecular flexibility index (Phi) is 3.18. The third-order valence-electron chi connectivity index (χ3n) is 3.10. The third-order valence-corrected chi connectivity index (χ3v) is 4.44. The van der Waals surface area contributed by atoms with Gasteiger partial charge in [-0.15, -0.1) is 11.3 Å². The van der Waals surface area contributed by atoms with E-state index >= 15 is 0 Å². The summed E-state index contributed by atoms with van der Waals surface area (Å²) in [4.78, 5) is 1.43. The molecule has 3 nitrogen and oxygen atoms in total. The minimum absolute atomic E-state index is 0.396. The molecule has 90 valence electrons. The lowest BCUT2D eigenvalue weighted by Crippen LogP contribution is -2.23. The maximum Gasteiger partial charge on any atom is 0.150 e. The number of rotatable bonds is 3. The highest BCUT2D eigenvalue weighted by Gasteiger charge is 2.22. The Morgan fingerprint density at radius 1 is 1.59 bits per heavy atom. The summed E-state index contributed by atoms with van der Waals surface area (Å²) in [6.07, 6.45) is 5.21. The summed E-state index contributed by atoms with van der Waals surface area (Å²) < 4.78 is 5.97. The number of thiophene rings is 1. The van der Waals surface area contributed by atoms with Gasteiger partial charge in [0.1, 0.15) is 5.76 Å². The number of fused-ring (bicyclic) bond motifs is 1. The van der Waals surface area contributed by atoms with Gasteiger partial charge >= 0.3 is 0 Å². The molecule has 0 radical (unpaired) electrons. The normalized spacial score (nSPS) is 19.2. The van der Waals surface area contributed by atoms with Crippen LogP contribution in [0, 0.1) is 0 Å². The molecule has 2 aromatic heterocycles. The van der Waals surface area contributed by atoms with E-state index in [0.29, 0.717) is 6.04 Å². The lowest BCUT2D eigenvalue weighted by molar-refractivity contribution is 0.356. The predicted molar refractivity (Wildman–Crippen MR) is 68.4 cm³/mol. The average Bonchev–Trinajstić information content (AvgIpc) is 2.93. The van der Waals surface area contributed by atoms with Gasteiger partial charge in [0, 0.05) is 17.0 Å². The number of hydrogen-bond acceptors (Lipinski definition) is 4. The van der Waals surface area contributed by atoms with Gasteiger partial charge in [0.15, 0.2) is 0 Å². The fourth-order valence-electron chi connectivity index (χ4n) is 2.29. The second-order valence-corrected chi connectivity index (χ2v) is 6.00. The maximum atomic E-state index is 6.08. The fraction of sp³-hybridized carbons (Fsp3) is 0.417. The van der Waals surface area contributed by atoms with Crippen molar-refractivity contribution in [2.24, 2.45) is 0 Å². The summed E-state index contributed by atoms with van der Waals surface area (Å²) in [5, 5.41) is 7.21. The van der Waals surface area contributed by atoms with Crippen LogP contribution in [0.15, 0.2) is 22.9 Å². The van der Waals surface area contributed by atoms with Gasteiger partial charge in [-0.05, 0) is 30.9 Å². The van der Waals surface area contributed by atoms with Crippen LogP contribution in [0.4, 0.5) is 0 Å². The van der Waals surface area contributed by atoms with Crippen molar-refractivity contribution in [3.63, 3.8) is 0 Å². The molecule has 1 unspecified atom stereocenters. The highest BCUT2D eigenvalue weighted by Crippen LogP contribution is 2.37. The first-order valence-corrected chi connectivity index (χ1v) is 6.93. The van der Waals surface area contributed by atoms with Crippen molar-refractivity contribution in [3.8, 4) is 0 Å². The lowest BCUT2D eigenvalue weighted by Gasteiger charge is -2.23. The van der Waals surface area contributed by atoms with E-state index in [0.717, 1.165) is 29.5 Å². The van der Waals surface area contributed by atoms with E-state index in [-0.39, 0.29) is 0 Å². The second kappa shape index (κ2) is 4.80. The van der Waals surface area contributed by atoms with Crippen molar-refractivity contribution >= 4 is 22.9 Å².